The summed E-state index contributed by atoms with van der Waals surface area (Å²) in [7, 11) is 1.35. The Hall–Kier alpha value is -0.510. The molecule has 0 amide bonds. The Morgan fingerprint density at radius 1 is 1.50 bits per heavy atom. The molecule has 0 spiro atoms. The first-order valence-corrected chi connectivity index (χ1v) is 2.74. The fourth-order valence-corrected chi connectivity index (χ4v) is 0.790. The Balaban J connectivity index is 2.64. The number of hydrogen-bond acceptors (Lipinski definition) is 1. The molecule has 0 aromatic heterocycles. The largest absolute Gasteiger partial charge is 0.407 e. The Kier molecular flexibility index (Phi) is 1.72. The monoisotopic (exact) mass is 149 g/mol. The predicted octanol–water partition coefficient (Wildman–Crippen LogP) is 1.46. The van der Waals surface area contributed by atoms with Crippen LogP contribution in [0.4, 0.5) is 13.2 Å². The molecule has 1 aliphatic rings. The van der Waals surface area contributed by atoms with E-state index in [0.29, 0.717) is 0 Å². The second kappa shape index (κ2) is 2.27. The maximum absolute atomic E-state index is 11.9. The highest BCUT2D eigenvalue weighted by atomic mass is 19.4. The molecular weight excluding hydrogens is 143 g/mol. The van der Waals surface area contributed by atoms with Gasteiger partial charge in [0.15, 0.2) is 0 Å². The molecule has 0 fully saturated rings. The van der Waals surface area contributed by atoms with Gasteiger partial charge in [0.25, 0.3) is 0 Å². The molecule has 0 bridgehead atoms. The van der Waals surface area contributed by atoms with Gasteiger partial charge in [0.2, 0.25) is 0 Å². The van der Waals surface area contributed by atoms with Crippen LogP contribution in [0.3, 0.4) is 0 Å². The summed E-state index contributed by atoms with van der Waals surface area (Å²) in [5.74, 6) is 0. The van der Waals surface area contributed by atoms with Crippen LogP contribution >= 0.6 is 0 Å². The van der Waals surface area contributed by atoms with Crippen molar-refractivity contribution in [2.75, 3.05) is 7.05 Å². The van der Waals surface area contributed by atoms with Gasteiger partial charge < -0.3 is 0 Å². The molecule has 1 atom stereocenters. The molecule has 4 heteroatoms. The first-order chi connectivity index (χ1) is 4.52. The lowest BCUT2D eigenvalue weighted by Gasteiger charge is -2.20. The Morgan fingerprint density at radius 3 is 2.30 bits per heavy atom. The zero-order valence-corrected chi connectivity index (χ0v) is 5.31. The van der Waals surface area contributed by atoms with Gasteiger partial charge in [0.1, 0.15) is 6.04 Å². The van der Waals surface area contributed by atoms with Gasteiger partial charge in [-0.05, 0) is 7.05 Å². The maximum atomic E-state index is 11.9. The van der Waals surface area contributed by atoms with E-state index in [1.54, 1.807) is 0 Å². The van der Waals surface area contributed by atoms with Gasteiger partial charge in [-0.3, -0.25) is 4.90 Å². The molecule has 2 radical (unpaired) electrons. The summed E-state index contributed by atoms with van der Waals surface area (Å²) in [5, 5.41) is 0. The summed E-state index contributed by atoms with van der Waals surface area (Å²) < 4.78 is 35.6. The first-order valence-electron chi connectivity index (χ1n) is 2.74. The average Bonchev–Trinajstić information content (AvgIpc) is 2.11. The predicted molar refractivity (Wildman–Crippen MR) is 30.0 cm³/mol. The fraction of sp³-hybridized carbons (Fsp3) is 0.500. The third-order valence-electron chi connectivity index (χ3n) is 1.31. The summed E-state index contributed by atoms with van der Waals surface area (Å²) in [4.78, 5) is 1.00. The molecule has 1 nitrogen and oxygen atoms in total. The van der Waals surface area contributed by atoms with Crippen molar-refractivity contribution in [3.63, 3.8) is 0 Å². The van der Waals surface area contributed by atoms with Crippen molar-refractivity contribution in [2.24, 2.45) is 0 Å². The summed E-state index contributed by atoms with van der Waals surface area (Å²) in [5.41, 5.74) is 0. The van der Waals surface area contributed by atoms with Crippen LogP contribution in [0.5, 0.6) is 0 Å². The van der Waals surface area contributed by atoms with E-state index in [4.69, 9.17) is 0 Å². The second-order valence-corrected chi connectivity index (χ2v) is 2.09. The first kappa shape index (κ1) is 7.60. The van der Waals surface area contributed by atoms with E-state index >= 15 is 0 Å². The molecule has 0 aromatic rings. The number of rotatable bonds is 0. The quantitative estimate of drug-likeness (QED) is 0.504. The van der Waals surface area contributed by atoms with Gasteiger partial charge in [-0.15, -0.1) is 0 Å². The summed E-state index contributed by atoms with van der Waals surface area (Å²) in [6.07, 6.45) is -1.83. The minimum absolute atomic E-state index is 1.00. The zero-order valence-electron chi connectivity index (χ0n) is 5.31. The number of nitrogens with zero attached hydrogens (tertiary/aromatic N) is 1. The molecular formula is C6H6F3N. The van der Waals surface area contributed by atoms with Gasteiger partial charge in [-0.25, -0.2) is 0 Å². The summed E-state index contributed by atoms with van der Waals surface area (Å²) >= 11 is 0. The van der Waals surface area contributed by atoms with Crippen LogP contribution < -0.4 is 0 Å². The molecule has 1 unspecified atom stereocenters. The molecule has 1 rings (SSSR count). The summed E-state index contributed by atoms with van der Waals surface area (Å²) in [6.45, 7) is 2.41. The van der Waals surface area contributed by atoms with Gasteiger partial charge >= 0.3 is 6.18 Å². The normalized spacial score (nSPS) is 27.8. The molecule has 1 aliphatic heterocycles. The highest BCUT2D eigenvalue weighted by molar-refractivity contribution is 5.12. The van der Waals surface area contributed by atoms with Crippen LogP contribution in [-0.2, 0) is 0 Å². The molecule has 0 aromatic carbocycles. The Labute approximate surface area is 57.1 Å². The van der Waals surface area contributed by atoms with Crippen LogP contribution in [0.15, 0.2) is 12.2 Å². The molecule has 56 valence electrons. The van der Waals surface area contributed by atoms with Crippen LogP contribution in [0, 0.1) is 6.54 Å². The Morgan fingerprint density at radius 2 is 2.10 bits per heavy atom. The number of hydrogen-bond donors (Lipinski definition) is 0. The number of halogens is 3. The van der Waals surface area contributed by atoms with E-state index in [9.17, 15) is 13.2 Å². The van der Waals surface area contributed by atoms with E-state index in [2.05, 4.69) is 6.54 Å². The van der Waals surface area contributed by atoms with Crippen molar-refractivity contribution in [1.82, 2.24) is 4.90 Å². The van der Waals surface area contributed by atoms with Crippen LogP contribution in [0.1, 0.15) is 0 Å². The molecule has 0 saturated carbocycles. The van der Waals surface area contributed by atoms with Crippen molar-refractivity contribution in [3.8, 4) is 0 Å². The standard InChI is InChI=1S/C6H6F3N/c1-10-4-2-3-5(10)6(7,8)9/h2-3,5H,1H3. The van der Waals surface area contributed by atoms with Crippen LogP contribution in [0.2, 0.25) is 0 Å². The lowest BCUT2D eigenvalue weighted by atomic mass is 10.3. The molecule has 0 aliphatic carbocycles. The van der Waals surface area contributed by atoms with Crippen molar-refractivity contribution in [2.45, 2.75) is 12.2 Å². The molecule has 10 heavy (non-hydrogen) atoms. The van der Waals surface area contributed by atoms with Crippen LogP contribution in [-0.4, -0.2) is 24.2 Å². The average molecular weight is 149 g/mol. The van der Waals surface area contributed by atoms with E-state index in [1.165, 1.54) is 13.1 Å². The van der Waals surface area contributed by atoms with Gasteiger partial charge in [0, 0.05) is 0 Å². The number of likely N-dealkylation sites (N-methyl/N-ethyl adjacent to an activating group) is 1. The third kappa shape index (κ3) is 1.31. The van der Waals surface area contributed by atoms with Crippen molar-refractivity contribution in [1.29, 1.82) is 0 Å². The third-order valence-corrected chi connectivity index (χ3v) is 1.31. The molecule has 1 heterocycles. The zero-order chi connectivity index (χ0) is 7.78. The van der Waals surface area contributed by atoms with E-state index in [1.807, 2.05) is 0 Å². The Bertz CT molecular complexity index is 150. The molecule has 0 saturated heterocycles. The smallest absolute Gasteiger partial charge is 0.279 e. The minimum atomic E-state index is -4.17. The summed E-state index contributed by atoms with van der Waals surface area (Å²) in [6, 6.07) is -1.48. The fourth-order valence-electron chi connectivity index (χ4n) is 0.790. The SMILES string of the molecule is CN1[C]C=CC1C(F)(F)F. The lowest BCUT2D eigenvalue weighted by Crippen LogP contribution is -2.37. The van der Waals surface area contributed by atoms with Gasteiger partial charge in [0.05, 0.1) is 6.54 Å². The highest BCUT2D eigenvalue weighted by Gasteiger charge is 2.42. The van der Waals surface area contributed by atoms with Crippen molar-refractivity contribution >= 4 is 0 Å². The molecule has 0 N–H and O–H groups in total. The topological polar surface area (TPSA) is 3.24 Å². The number of alkyl halides is 3. The van der Waals surface area contributed by atoms with Gasteiger partial charge in [-0.2, -0.15) is 13.2 Å². The van der Waals surface area contributed by atoms with Crippen molar-refractivity contribution < 1.29 is 13.2 Å². The van der Waals surface area contributed by atoms with Gasteiger partial charge in [-0.1, -0.05) is 12.2 Å². The van der Waals surface area contributed by atoms with E-state index in [0.717, 1.165) is 11.0 Å². The van der Waals surface area contributed by atoms with E-state index in [-0.39, 0.29) is 0 Å². The van der Waals surface area contributed by atoms with Crippen LogP contribution in [0.25, 0.3) is 0 Å². The lowest BCUT2D eigenvalue weighted by molar-refractivity contribution is -0.160. The van der Waals surface area contributed by atoms with Crippen molar-refractivity contribution in [3.05, 3.63) is 18.7 Å². The minimum Gasteiger partial charge on any atom is -0.279 e. The van der Waals surface area contributed by atoms with E-state index < -0.39 is 12.2 Å². The second-order valence-electron chi connectivity index (χ2n) is 2.09. The maximum Gasteiger partial charge on any atom is 0.407 e. The highest BCUT2D eigenvalue weighted by Crippen LogP contribution is 2.28.